The summed E-state index contributed by atoms with van der Waals surface area (Å²) in [6.45, 7) is 8.96. The van der Waals surface area contributed by atoms with Crippen molar-refractivity contribution in [3.8, 4) is 11.5 Å². The summed E-state index contributed by atoms with van der Waals surface area (Å²) in [5.41, 5.74) is 4.60. The number of ether oxygens (including phenoxy) is 2. The van der Waals surface area contributed by atoms with Gasteiger partial charge in [-0.25, -0.2) is 0 Å². The topological polar surface area (TPSA) is 50.8 Å². The maximum Gasteiger partial charge on any atom is 0.276 e. The summed E-state index contributed by atoms with van der Waals surface area (Å²) < 4.78 is 11.8. The van der Waals surface area contributed by atoms with Gasteiger partial charge in [-0.1, -0.05) is 39.0 Å². The first-order valence-corrected chi connectivity index (χ1v) is 11.4. The summed E-state index contributed by atoms with van der Waals surface area (Å²) in [5.74, 6) is 1.57. The number of thiocarbonyl (C=S) groups is 1. The van der Waals surface area contributed by atoms with Crippen molar-refractivity contribution in [1.82, 2.24) is 10.2 Å². The lowest BCUT2D eigenvalue weighted by Crippen LogP contribution is -2.32. The molecule has 0 bridgehead atoms. The molecule has 0 atom stereocenters. The molecule has 1 N–H and O–H groups in total. The summed E-state index contributed by atoms with van der Waals surface area (Å²) in [6, 6.07) is 12.4. The Morgan fingerprint density at radius 2 is 1.91 bits per heavy atom. The van der Waals surface area contributed by atoms with Crippen molar-refractivity contribution in [1.29, 1.82) is 0 Å². The van der Waals surface area contributed by atoms with E-state index in [0.29, 0.717) is 17.4 Å². The normalized spacial score (nSPS) is 17.7. The van der Waals surface area contributed by atoms with Crippen LogP contribution in [0.25, 0.3) is 6.08 Å². The fourth-order valence-corrected chi connectivity index (χ4v) is 4.25. The average molecular weight is 451 g/mol. The fourth-order valence-electron chi connectivity index (χ4n) is 3.90. The van der Waals surface area contributed by atoms with Crippen molar-refractivity contribution < 1.29 is 14.3 Å². The zero-order chi connectivity index (χ0) is 23.0. The first-order valence-electron chi connectivity index (χ1n) is 10.9. The minimum atomic E-state index is -0.0549. The number of amides is 1. The summed E-state index contributed by atoms with van der Waals surface area (Å²) >= 11 is 5.35. The van der Waals surface area contributed by atoms with Crippen molar-refractivity contribution in [2.75, 3.05) is 7.11 Å². The largest absolute Gasteiger partial charge is 0.496 e. The molecule has 4 rings (SSSR count). The summed E-state index contributed by atoms with van der Waals surface area (Å²) in [5, 5.41) is 3.56. The molecule has 32 heavy (non-hydrogen) atoms. The lowest BCUT2D eigenvalue weighted by Gasteiger charge is -2.23. The van der Waals surface area contributed by atoms with Crippen LogP contribution in [0.1, 0.15) is 55.9 Å². The summed E-state index contributed by atoms with van der Waals surface area (Å²) in [6.07, 6.45) is 3.87. The molecule has 0 unspecified atom stereocenters. The number of rotatable bonds is 6. The van der Waals surface area contributed by atoms with Gasteiger partial charge in [-0.2, -0.15) is 0 Å². The van der Waals surface area contributed by atoms with E-state index in [1.54, 1.807) is 12.0 Å². The van der Waals surface area contributed by atoms with E-state index in [9.17, 15) is 4.79 Å². The molecule has 1 amide bonds. The monoisotopic (exact) mass is 450 g/mol. The van der Waals surface area contributed by atoms with Gasteiger partial charge in [-0.05, 0) is 78.4 Å². The van der Waals surface area contributed by atoms with Crippen LogP contribution >= 0.6 is 12.2 Å². The highest BCUT2D eigenvalue weighted by molar-refractivity contribution is 7.80. The van der Waals surface area contributed by atoms with E-state index >= 15 is 0 Å². The van der Waals surface area contributed by atoms with Crippen LogP contribution in [0, 0.1) is 6.92 Å². The highest BCUT2D eigenvalue weighted by atomic mass is 32.1. The lowest BCUT2D eigenvalue weighted by atomic mass is 9.86. The third kappa shape index (κ3) is 4.65. The molecule has 1 saturated carbocycles. The number of nitrogens with zero attached hydrogens (tertiary/aromatic N) is 1. The molecule has 2 fully saturated rings. The van der Waals surface area contributed by atoms with E-state index in [2.05, 4.69) is 51.2 Å². The number of hydrogen-bond acceptors (Lipinski definition) is 4. The Morgan fingerprint density at radius 3 is 2.56 bits per heavy atom. The third-order valence-corrected chi connectivity index (χ3v) is 6.06. The molecular formula is C26H30N2O3S. The molecule has 6 heteroatoms. The number of methoxy groups -OCH3 is 1. The Balaban J connectivity index is 1.58. The van der Waals surface area contributed by atoms with Crippen LogP contribution in [-0.2, 0) is 16.8 Å². The van der Waals surface area contributed by atoms with E-state index < -0.39 is 0 Å². The Bertz CT molecular complexity index is 1100. The van der Waals surface area contributed by atoms with Crippen molar-refractivity contribution in [3.05, 3.63) is 64.3 Å². The zero-order valence-electron chi connectivity index (χ0n) is 19.3. The Kier molecular flexibility index (Phi) is 5.99. The molecule has 2 aromatic rings. The van der Waals surface area contributed by atoms with Gasteiger partial charge in [-0.3, -0.25) is 9.69 Å². The first-order chi connectivity index (χ1) is 15.2. The highest BCUT2D eigenvalue weighted by Gasteiger charge is 2.41. The number of benzene rings is 2. The van der Waals surface area contributed by atoms with Crippen LogP contribution in [-0.4, -0.2) is 29.1 Å². The second-order valence-corrected chi connectivity index (χ2v) is 9.89. The minimum Gasteiger partial charge on any atom is -0.496 e. The minimum absolute atomic E-state index is 0.0280. The van der Waals surface area contributed by atoms with Gasteiger partial charge in [0.2, 0.25) is 0 Å². The molecule has 1 saturated heterocycles. The predicted molar refractivity (Wildman–Crippen MR) is 131 cm³/mol. The number of carbonyl (C=O) groups is 1. The Hall–Kier alpha value is -2.86. The molecular weight excluding hydrogens is 420 g/mol. The van der Waals surface area contributed by atoms with Gasteiger partial charge in [0, 0.05) is 11.6 Å². The lowest BCUT2D eigenvalue weighted by molar-refractivity contribution is -0.122. The standard InChI is InChI=1S/C26H30N2O3S/c1-16-6-10-20(26(2,3)4)23(12-16)31-15-18-13-17(7-11-22(18)30-5)14-21-24(29)28(19-8-9-19)25(32)27-21/h6-7,10-14,19H,8-9,15H2,1-5H3,(H,27,32)/b21-14+. The molecule has 1 aliphatic heterocycles. The number of hydrogen-bond donors (Lipinski definition) is 1. The molecule has 2 aromatic carbocycles. The number of nitrogens with one attached hydrogen (secondary N) is 1. The Labute approximate surface area is 195 Å². The van der Waals surface area contributed by atoms with Crippen molar-refractivity contribution >= 4 is 29.3 Å². The van der Waals surface area contributed by atoms with Crippen LogP contribution in [0.2, 0.25) is 0 Å². The molecule has 5 nitrogen and oxygen atoms in total. The smallest absolute Gasteiger partial charge is 0.276 e. The summed E-state index contributed by atoms with van der Waals surface area (Å²) in [4.78, 5) is 14.4. The molecule has 2 aliphatic rings. The molecule has 0 radical (unpaired) electrons. The van der Waals surface area contributed by atoms with Gasteiger partial charge >= 0.3 is 0 Å². The molecule has 1 heterocycles. The second kappa shape index (κ2) is 8.58. The van der Waals surface area contributed by atoms with Crippen LogP contribution in [0.15, 0.2) is 42.1 Å². The Morgan fingerprint density at radius 1 is 1.16 bits per heavy atom. The maximum atomic E-state index is 12.7. The molecule has 1 aliphatic carbocycles. The van der Waals surface area contributed by atoms with Crippen molar-refractivity contribution in [2.24, 2.45) is 0 Å². The van der Waals surface area contributed by atoms with E-state index in [1.807, 2.05) is 24.3 Å². The van der Waals surface area contributed by atoms with Crippen LogP contribution in [0.5, 0.6) is 11.5 Å². The van der Waals surface area contributed by atoms with Crippen molar-refractivity contribution in [3.63, 3.8) is 0 Å². The maximum absolute atomic E-state index is 12.7. The van der Waals surface area contributed by atoms with E-state index in [0.717, 1.165) is 46.6 Å². The fraction of sp³-hybridized carbons (Fsp3) is 0.385. The first kappa shape index (κ1) is 22.3. The molecule has 0 spiro atoms. The van der Waals surface area contributed by atoms with Gasteiger partial charge in [0.15, 0.2) is 5.11 Å². The average Bonchev–Trinajstić information content (AvgIpc) is 3.51. The quantitative estimate of drug-likeness (QED) is 0.490. The van der Waals surface area contributed by atoms with Crippen molar-refractivity contribution in [2.45, 2.75) is 58.6 Å². The highest BCUT2D eigenvalue weighted by Crippen LogP contribution is 2.34. The van der Waals surface area contributed by atoms with Crippen LogP contribution in [0.4, 0.5) is 0 Å². The van der Waals surface area contributed by atoms with Gasteiger partial charge in [-0.15, -0.1) is 0 Å². The van der Waals surface area contributed by atoms with Gasteiger partial charge in [0.25, 0.3) is 5.91 Å². The van der Waals surface area contributed by atoms with E-state index in [1.165, 1.54) is 0 Å². The summed E-state index contributed by atoms with van der Waals surface area (Å²) in [7, 11) is 1.65. The second-order valence-electron chi connectivity index (χ2n) is 9.50. The molecule has 168 valence electrons. The van der Waals surface area contributed by atoms with Crippen LogP contribution in [0.3, 0.4) is 0 Å². The van der Waals surface area contributed by atoms with E-state index in [-0.39, 0.29) is 17.4 Å². The predicted octanol–water partition coefficient (Wildman–Crippen LogP) is 5.10. The third-order valence-electron chi connectivity index (χ3n) is 5.77. The van der Waals surface area contributed by atoms with Gasteiger partial charge in [0.05, 0.1) is 7.11 Å². The zero-order valence-corrected chi connectivity index (χ0v) is 20.1. The van der Waals surface area contributed by atoms with Gasteiger partial charge in [0.1, 0.15) is 23.8 Å². The van der Waals surface area contributed by atoms with Crippen LogP contribution < -0.4 is 14.8 Å². The SMILES string of the molecule is COc1ccc(/C=C2/NC(=S)N(C3CC3)C2=O)cc1COc1cc(C)ccc1C(C)(C)C. The molecule has 0 aromatic heterocycles. The number of carbonyl (C=O) groups excluding carboxylic acids is 1. The van der Waals surface area contributed by atoms with E-state index in [4.69, 9.17) is 21.7 Å². The number of aryl methyl sites for hydroxylation is 1. The van der Waals surface area contributed by atoms with Gasteiger partial charge < -0.3 is 14.8 Å².